The Kier molecular flexibility index (Phi) is 2.97. The second kappa shape index (κ2) is 3.82. The molecule has 1 heteroatoms. The number of rotatable bonds is 2. The summed E-state index contributed by atoms with van der Waals surface area (Å²) in [5.74, 6) is 1.03. The molecule has 1 aromatic rings. The highest BCUT2D eigenvalue weighted by atomic mass is 16.5. The zero-order chi connectivity index (χ0) is 10.0. The molecule has 0 bridgehead atoms. The second-order valence-electron chi connectivity index (χ2n) is 3.48. The quantitative estimate of drug-likeness (QED) is 0.675. The Morgan fingerprint density at radius 1 is 1.15 bits per heavy atom. The first-order valence-electron chi connectivity index (χ1n) is 4.75. The van der Waals surface area contributed by atoms with E-state index in [2.05, 4.69) is 33.8 Å². The largest absolute Gasteiger partial charge is 0.496 e. The van der Waals surface area contributed by atoms with Gasteiger partial charge in [0, 0.05) is 0 Å². The summed E-state index contributed by atoms with van der Waals surface area (Å²) in [6.45, 7) is 8.64. The van der Waals surface area contributed by atoms with Crippen molar-refractivity contribution in [2.45, 2.75) is 34.1 Å². The van der Waals surface area contributed by atoms with Gasteiger partial charge in [-0.1, -0.05) is 6.92 Å². The summed E-state index contributed by atoms with van der Waals surface area (Å²) in [7, 11) is 1.74. The van der Waals surface area contributed by atoms with Gasteiger partial charge in [0.25, 0.3) is 0 Å². The van der Waals surface area contributed by atoms with Gasteiger partial charge in [0.05, 0.1) is 7.11 Å². The van der Waals surface area contributed by atoms with E-state index in [1.807, 2.05) is 0 Å². The zero-order valence-electron chi connectivity index (χ0n) is 9.19. The molecule has 0 aromatic heterocycles. The van der Waals surface area contributed by atoms with Crippen LogP contribution in [-0.2, 0) is 6.42 Å². The lowest BCUT2D eigenvalue weighted by molar-refractivity contribution is 0.409. The van der Waals surface area contributed by atoms with Crippen molar-refractivity contribution in [1.82, 2.24) is 0 Å². The summed E-state index contributed by atoms with van der Waals surface area (Å²) < 4.78 is 5.35. The van der Waals surface area contributed by atoms with E-state index in [4.69, 9.17) is 4.74 Å². The zero-order valence-corrected chi connectivity index (χ0v) is 9.19. The molecule has 0 N–H and O–H groups in total. The van der Waals surface area contributed by atoms with Crippen molar-refractivity contribution in [2.24, 2.45) is 0 Å². The summed E-state index contributed by atoms with van der Waals surface area (Å²) in [6, 6.07) is 2.13. The SMILES string of the molecule is CCc1c(OC)cc(C)c(C)c1C. The molecule has 0 atom stereocenters. The fraction of sp³-hybridized carbons (Fsp3) is 0.500. The molecule has 0 spiro atoms. The lowest BCUT2D eigenvalue weighted by Gasteiger charge is -2.14. The molecule has 0 radical (unpaired) electrons. The van der Waals surface area contributed by atoms with Gasteiger partial charge in [0.2, 0.25) is 0 Å². The predicted molar refractivity (Wildman–Crippen MR) is 56.6 cm³/mol. The van der Waals surface area contributed by atoms with E-state index in [9.17, 15) is 0 Å². The van der Waals surface area contributed by atoms with E-state index in [0.717, 1.165) is 12.2 Å². The molecule has 0 aliphatic rings. The van der Waals surface area contributed by atoms with Crippen molar-refractivity contribution in [2.75, 3.05) is 7.11 Å². The summed E-state index contributed by atoms with van der Waals surface area (Å²) in [4.78, 5) is 0. The Labute approximate surface area is 80.7 Å². The smallest absolute Gasteiger partial charge is 0.122 e. The Bertz CT molecular complexity index is 313. The standard InChI is InChI=1S/C12H18O/c1-6-11-10(4)9(3)8(2)7-12(11)13-5/h7H,6H2,1-5H3. The van der Waals surface area contributed by atoms with Crippen molar-refractivity contribution in [3.8, 4) is 5.75 Å². The van der Waals surface area contributed by atoms with Crippen LogP contribution in [-0.4, -0.2) is 7.11 Å². The number of benzene rings is 1. The van der Waals surface area contributed by atoms with Crippen LogP contribution in [0.4, 0.5) is 0 Å². The average Bonchev–Trinajstić information content (AvgIpc) is 2.13. The molecule has 0 unspecified atom stereocenters. The summed E-state index contributed by atoms with van der Waals surface area (Å²) in [6.07, 6.45) is 1.04. The van der Waals surface area contributed by atoms with Gasteiger partial charge in [0.1, 0.15) is 5.75 Å². The van der Waals surface area contributed by atoms with Crippen LogP contribution in [0, 0.1) is 20.8 Å². The van der Waals surface area contributed by atoms with Gasteiger partial charge in [-0.2, -0.15) is 0 Å². The predicted octanol–water partition coefficient (Wildman–Crippen LogP) is 3.18. The molecular formula is C12H18O. The van der Waals surface area contributed by atoms with Gasteiger partial charge in [-0.3, -0.25) is 0 Å². The Morgan fingerprint density at radius 2 is 1.77 bits per heavy atom. The molecule has 0 saturated heterocycles. The first-order valence-corrected chi connectivity index (χ1v) is 4.75. The summed E-state index contributed by atoms with van der Waals surface area (Å²) >= 11 is 0. The average molecular weight is 178 g/mol. The van der Waals surface area contributed by atoms with Crippen molar-refractivity contribution in [3.63, 3.8) is 0 Å². The molecule has 0 amide bonds. The third-order valence-corrected chi connectivity index (χ3v) is 2.83. The van der Waals surface area contributed by atoms with Crippen molar-refractivity contribution >= 4 is 0 Å². The lowest BCUT2D eigenvalue weighted by Crippen LogP contribution is -1.98. The first kappa shape index (κ1) is 10.1. The molecule has 1 aromatic carbocycles. The monoisotopic (exact) mass is 178 g/mol. The molecule has 1 rings (SSSR count). The van der Waals surface area contributed by atoms with Crippen molar-refractivity contribution in [1.29, 1.82) is 0 Å². The minimum absolute atomic E-state index is 1.03. The van der Waals surface area contributed by atoms with Gasteiger partial charge in [-0.05, 0) is 55.5 Å². The maximum absolute atomic E-state index is 5.35. The van der Waals surface area contributed by atoms with Crippen molar-refractivity contribution < 1.29 is 4.74 Å². The molecule has 0 fully saturated rings. The van der Waals surface area contributed by atoms with Crippen LogP contribution in [0.15, 0.2) is 6.07 Å². The Hall–Kier alpha value is -0.980. The molecule has 0 aliphatic heterocycles. The van der Waals surface area contributed by atoms with E-state index in [-0.39, 0.29) is 0 Å². The molecule has 1 nitrogen and oxygen atoms in total. The third kappa shape index (κ3) is 1.69. The highest BCUT2D eigenvalue weighted by molar-refractivity contribution is 5.48. The molecule has 0 saturated carbocycles. The molecule has 13 heavy (non-hydrogen) atoms. The van der Waals surface area contributed by atoms with Gasteiger partial charge in [-0.25, -0.2) is 0 Å². The second-order valence-corrected chi connectivity index (χ2v) is 3.48. The van der Waals surface area contributed by atoms with Crippen LogP contribution in [0.25, 0.3) is 0 Å². The maximum Gasteiger partial charge on any atom is 0.122 e. The van der Waals surface area contributed by atoms with Gasteiger partial charge >= 0.3 is 0 Å². The minimum Gasteiger partial charge on any atom is -0.496 e. The van der Waals surface area contributed by atoms with Gasteiger partial charge in [-0.15, -0.1) is 0 Å². The van der Waals surface area contributed by atoms with Crippen LogP contribution in [0.1, 0.15) is 29.2 Å². The molecular weight excluding hydrogens is 160 g/mol. The van der Waals surface area contributed by atoms with Crippen LogP contribution in [0.5, 0.6) is 5.75 Å². The van der Waals surface area contributed by atoms with Crippen molar-refractivity contribution in [3.05, 3.63) is 28.3 Å². The normalized spacial score (nSPS) is 10.2. The van der Waals surface area contributed by atoms with Crippen LogP contribution >= 0.6 is 0 Å². The van der Waals surface area contributed by atoms with E-state index >= 15 is 0 Å². The molecule has 0 heterocycles. The lowest BCUT2D eigenvalue weighted by atomic mass is 9.96. The van der Waals surface area contributed by atoms with Gasteiger partial charge in [0.15, 0.2) is 0 Å². The highest BCUT2D eigenvalue weighted by Gasteiger charge is 2.08. The number of aryl methyl sites for hydroxylation is 1. The van der Waals surface area contributed by atoms with Crippen LogP contribution < -0.4 is 4.74 Å². The number of ether oxygens (including phenoxy) is 1. The molecule has 72 valence electrons. The minimum atomic E-state index is 1.03. The van der Waals surface area contributed by atoms with Crippen LogP contribution in [0.3, 0.4) is 0 Å². The highest BCUT2D eigenvalue weighted by Crippen LogP contribution is 2.27. The maximum atomic E-state index is 5.35. The Balaban J connectivity index is 3.39. The van der Waals surface area contributed by atoms with Crippen LogP contribution in [0.2, 0.25) is 0 Å². The fourth-order valence-electron chi connectivity index (χ4n) is 1.72. The van der Waals surface area contributed by atoms with E-state index in [1.165, 1.54) is 22.3 Å². The van der Waals surface area contributed by atoms with E-state index < -0.39 is 0 Å². The summed E-state index contributed by atoms with van der Waals surface area (Å²) in [5.41, 5.74) is 5.41. The topological polar surface area (TPSA) is 9.23 Å². The van der Waals surface area contributed by atoms with Gasteiger partial charge < -0.3 is 4.74 Å². The Morgan fingerprint density at radius 3 is 2.23 bits per heavy atom. The summed E-state index contributed by atoms with van der Waals surface area (Å²) in [5, 5.41) is 0. The number of hydrogen-bond donors (Lipinski definition) is 0. The fourth-order valence-corrected chi connectivity index (χ4v) is 1.72. The van der Waals surface area contributed by atoms with E-state index in [1.54, 1.807) is 7.11 Å². The number of methoxy groups -OCH3 is 1. The molecule has 0 aliphatic carbocycles. The third-order valence-electron chi connectivity index (χ3n) is 2.83. The number of hydrogen-bond acceptors (Lipinski definition) is 1. The first-order chi connectivity index (χ1) is 6.11. The van der Waals surface area contributed by atoms with E-state index in [0.29, 0.717) is 0 Å².